The Morgan fingerprint density at radius 1 is 0.909 bits per heavy atom. The molecule has 0 spiro atoms. The van der Waals surface area contributed by atoms with Crippen LogP contribution in [-0.2, 0) is 0 Å². The maximum atomic E-state index is 5.95. The van der Waals surface area contributed by atoms with Gasteiger partial charge in [-0.25, -0.2) is 0 Å². The summed E-state index contributed by atoms with van der Waals surface area (Å²) >= 11 is 0. The van der Waals surface area contributed by atoms with Crippen LogP contribution in [0, 0.1) is 13.8 Å². The minimum absolute atomic E-state index is 0.741. The predicted molar refractivity (Wildman–Crippen MR) is 94.6 cm³/mol. The molecule has 0 unspecified atom stereocenters. The van der Waals surface area contributed by atoms with E-state index in [0.717, 1.165) is 32.0 Å². The molecule has 2 aromatic rings. The van der Waals surface area contributed by atoms with Gasteiger partial charge >= 0.3 is 0 Å². The van der Waals surface area contributed by atoms with E-state index in [4.69, 9.17) is 4.74 Å². The zero-order valence-corrected chi connectivity index (χ0v) is 14.2. The van der Waals surface area contributed by atoms with Crippen molar-refractivity contribution in [2.24, 2.45) is 0 Å². The number of aryl methyl sites for hydroxylation is 2. The third kappa shape index (κ3) is 4.11. The summed E-state index contributed by atoms with van der Waals surface area (Å²) in [6.07, 6.45) is 0. The lowest BCUT2D eigenvalue weighted by atomic mass is 9.95. The van der Waals surface area contributed by atoms with Crippen LogP contribution < -0.4 is 4.74 Å². The Hall–Kier alpha value is -1.80. The first kappa shape index (κ1) is 16.6. The Kier molecular flexibility index (Phi) is 6.02. The number of rotatable bonds is 7. The second-order valence-electron chi connectivity index (χ2n) is 5.67. The first-order valence-corrected chi connectivity index (χ1v) is 8.17. The van der Waals surface area contributed by atoms with Crippen molar-refractivity contribution in [3.8, 4) is 16.9 Å². The van der Waals surface area contributed by atoms with Crippen LogP contribution in [0.2, 0.25) is 0 Å². The summed E-state index contributed by atoms with van der Waals surface area (Å²) in [6.45, 7) is 12.6. The van der Waals surface area contributed by atoms with Crippen molar-refractivity contribution >= 4 is 0 Å². The Balaban J connectivity index is 2.10. The average Bonchev–Trinajstić information content (AvgIpc) is 2.52. The first-order chi connectivity index (χ1) is 10.7. The molecule has 0 amide bonds. The number of likely N-dealkylation sites (N-methyl/N-ethyl adjacent to an activating group) is 1. The lowest BCUT2D eigenvalue weighted by Gasteiger charge is -2.19. The van der Waals surface area contributed by atoms with Crippen molar-refractivity contribution in [1.29, 1.82) is 0 Å². The van der Waals surface area contributed by atoms with E-state index in [1.807, 2.05) is 0 Å². The SMILES string of the molecule is CCN(CC)CCOc1cc(C)c(-c2ccccc2)c(C)c1. The lowest BCUT2D eigenvalue weighted by Crippen LogP contribution is -2.27. The van der Waals surface area contributed by atoms with E-state index < -0.39 is 0 Å². The van der Waals surface area contributed by atoms with Crippen molar-refractivity contribution in [2.75, 3.05) is 26.2 Å². The highest BCUT2D eigenvalue weighted by Gasteiger charge is 2.08. The summed E-state index contributed by atoms with van der Waals surface area (Å²) < 4.78 is 5.95. The van der Waals surface area contributed by atoms with Crippen molar-refractivity contribution in [3.63, 3.8) is 0 Å². The summed E-state index contributed by atoms with van der Waals surface area (Å²) in [5.41, 5.74) is 5.12. The van der Waals surface area contributed by atoms with Gasteiger partial charge in [0.15, 0.2) is 0 Å². The molecule has 2 nitrogen and oxygen atoms in total. The maximum Gasteiger partial charge on any atom is 0.119 e. The van der Waals surface area contributed by atoms with Crippen LogP contribution in [0.1, 0.15) is 25.0 Å². The van der Waals surface area contributed by atoms with Crippen LogP contribution in [-0.4, -0.2) is 31.1 Å². The molecule has 0 aliphatic rings. The molecule has 0 saturated carbocycles. The van der Waals surface area contributed by atoms with Crippen LogP contribution in [0.25, 0.3) is 11.1 Å². The van der Waals surface area contributed by atoms with E-state index in [0.29, 0.717) is 0 Å². The van der Waals surface area contributed by atoms with E-state index in [2.05, 4.69) is 75.1 Å². The number of benzene rings is 2. The lowest BCUT2D eigenvalue weighted by molar-refractivity contribution is 0.222. The maximum absolute atomic E-state index is 5.95. The molecule has 0 atom stereocenters. The van der Waals surface area contributed by atoms with Gasteiger partial charge in [0.1, 0.15) is 12.4 Å². The smallest absolute Gasteiger partial charge is 0.119 e. The molecule has 0 fully saturated rings. The summed E-state index contributed by atoms with van der Waals surface area (Å²) in [5.74, 6) is 0.974. The van der Waals surface area contributed by atoms with Crippen LogP contribution in [0.5, 0.6) is 5.75 Å². The molecule has 0 aliphatic heterocycles. The van der Waals surface area contributed by atoms with Crippen LogP contribution in [0.15, 0.2) is 42.5 Å². The van der Waals surface area contributed by atoms with Crippen molar-refractivity contribution in [3.05, 3.63) is 53.6 Å². The Morgan fingerprint density at radius 2 is 1.50 bits per heavy atom. The highest BCUT2D eigenvalue weighted by molar-refractivity contribution is 5.71. The summed E-state index contributed by atoms with van der Waals surface area (Å²) in [4.78, 5) is 2.37. The molecule has 0 saturated heterocycles. The van der Waals surface area contributed by atoms with Gasteiger partial charge in [-0.05, 0) is 61.3 Å². The predicted octanol–water partition coefficient (Wildman–Crippen LogP) is 4.69. The average molecular weight is 297 g/mol. The fraction of sp³-hybridized carbons (Fsp3) is 0.400. The minimum atomic E-state index is 0.741. The number of ether oxygens (including phenoxy) is 1. The zero-order valence-electron chi connectivity index (χ0n) is 14.2. The van der Waals surface area contributed by atoms with Crippen molar-refractivity contribution < 1.29 is 4.74 Å². The van der Waals surface area contributed by atoms with Crippen LogP contribution in [0.3, 0.4) is 0 Å². The molecule has 2 rings (SSSR count). The number of nitrogens with zero attached hydrogens (tertiary/aromatic N) is 1. The van der Waals surface area contributed by atoms with E-state index in [9.17, 15) is 0 Å². The van der Waals surface area contributed by atoms with Gasteiger partial charge in [0.25, 0.3) is 0 Å². The van der Waals surface area contributed by atoms with E-state index >= 15 is 0 Å². The second-order valence-corrected chi connectivity index (χ2v) is 5.67. The minimum Gasteiger partial charge on any atom is -0.492 e. The Labute approximate surface area is 134 Å². The normalized spacial score (nSPS) is 11.0. The Bertz CT molecular complexity index is 565. The summed E-state index contributed by atoms with van der Waals surface area (Å²) in [6, 6.07) is 14.9. The molecule has 0 aromatic heterocycles. The summed E-state index contributed by atoms with van der Waals surface area (Å²) in [5, 5.41) is 0. The molecule has 2 aromatic carbocycles. The molecule has 22 heavy (non-hydrogen) atoms. The zero-order chi connectivity index (χ0) is 15.9. The third-order valence-corrected chi connectivity index (χ3v) is 4.14. The highest BCUT2D eigenvalue weighted by Crippen LogP contribution is 2.30. The van der Waals surface area contributed by atoms with Crippen molar-refractivity contribution in [1.82, 2.24) is 4.90 Å². The molecule has 0 radical (unpaired) electrons. The number of hydrogen-bond acceptors (Lipinski definition) is 2. The fourth-order valence-corrected chi connectivity index (χ4v) is 2.90. The van der Waals surface area contributed by atoms with Gasteiger partial charge in [-0.1, -0.05) is 44.2 Å². The molecule has 118 valence electrons. The second kappa shape index (κ2) is 8.00. The van der Waals surface area contributed by atoms with Gasteiger partial charge in [-0.2, -0.15) is 0 Å². The fourth-order valence-electron chi connectivity index (χ4n) is 2.90. The van der Waals surface area contributed by atoms with Gasteiger partial charge < -0.3 is 9.64 Å². The number of hydrogen-bond donors (Lipinski definition) is 0. The highest BCUT2D eigenvalue weighted by atomic mass is 16.5. The largest absolute Gasteiger partial charge is 0.492 e. The first-order valence-electron chi connectivity index (χ1n) is 8.17. The quantitative estimate of drug-likeness (QED) is 0.735. The van der Waals surface area contributed by atoms with E-state index in [1.54, 1.807) is 0 Å². The monoisotopic (exact) mass is 297 g/mol. The van der Waals surface area contributed by atoms with Crippen LogP contribution >= 0.6 is 0 Å². The topological polar surface area (TPSA) is 12.5 Å². The molecular weight excluding hydrogens is 270 g/mol. The Morgan fingerprint density at radius 3 is 2.05 bits per heavy atom. The molecule has 0 heterocycles. The third-order valence-electron chi connectivity index (χ3n) is 4.14. The van der Waals surface area contributed by atoms with Crippen LogP contribution in [0.4, 0.5) is 0 Å². The standard InChI is InChI=1S/C20H27NO/c1-5-21(6-2)12-13-22-19-14-16(3)20(17(4)15-19)18-10-8-7-9-11-18/h7-11,14-15H,5-6,12-13H2,1-4H3. The van der Waals surface area contributed by atoms with Gasteiger partial charge in [0.2, 0.25) is 0 Å². The van der Waals surface area contributed by atoms with Gasteiger partial charge in [0.05, 0.1) is 0 Å². The molecule has 2 heteroatoms. The van der Waals surface area contributed by atoms with E-state index in [1.165, 1.54) is 22.3 Å². The van der Waals surface area contributed by atoms with Gasteiger partial charge in [0, 0.05) is 6.54 Å². The molecular formula is C20H27NO. The molecule has 0 bridgehead atoms. The molecule has 0 N–H and O–H groups in total. The van der Waals surface area contributed by atoms with Gasteiger partial charge in [-0.15, -0.1) is 0 Å². The molecule has 0 aliphatic carbocycles. The summed E-state index contributed by atoms with van der Waals surface area (Å²) in [7, 11) is 0. The van der Waals surface area contributed by atoms with Crippen molar-refractivity contribution in [2.45, 2.75) is 27.7 Å². The van der Waals surface area contributed by atoms with Gasteiger partial charge in [-0.3, -0.25) is 0 Å². The van der Waals surface area contributed by atoms with E-state index in [-0.39, 0.29) is 0 Å².